The zero-order valence-electron chi connectivity index (χ0n) is 17.1. The van der Waals surface area contributed by atoms with Crippen LogP contribution in [-0.4, -0.2) is 59.4 Å². The molecule has 0 spiro atoms. The van der Waals surface area contributed by atoms with Gasteiger partial charge in [-0.25, -0.2) is 0 Å². The highest BCUT2D eigenvalue weighted by molar-refractivity contribution is 5.89. The van der Waals surface area contributed by atoms with Crippen molar-refractivity contribution in [3.8, 4) is 12.3 Å². The van der Waals surface area contributed by atoms with Gasteiger partial charge in [-0.3, -0.25) is 14.5 Å². The van der Waals surface area contributed by atoms with Crippen LogP contribution in [-0.2, 0) is 22.4 Å². The Labute approximate surface area is 173 Å². The summed E-state index contributed by atoms with van der Waals surface area (Å²) in [5, 5.41) is 2.97. The summed E-state index contributed by atoms with van der Waals surface area (Å²) in [4.78, 5) is 30.1. The predicted molar refractivity (Wildman–Crippen MR) is 113 cm³/mol. The third-order valence-corrected chi connectivity index (χ3v) is 6.84. The van der Waals surface area contributed by atoms with E-state index in [1.165, 1.54) is 17.5 Å². The van der Waals surface area contributed by atoms with Gasteiger partial charge in [-0.2, -0.15) is 0 Å². The molecule has 1 aromatic rings. The van der Waals surface area contributed by atoms with Gasteiger partial charge in [0, 0.05) is 25.2 Å². The van der Waals surface area contributed by atoms with Crippen LogP contribution in [0.25, 0.3) is 0 Å². The average molecular weight is 394 g/mol. The number of rotatable bonds is 5. The van der Waals surface area contributed by atoms with E-state index in [0.717, 1.165) is 45.1 Å². The molecule has 5 nitrogen and oxygen atoms in total. The molecule has 154 valence electrons. The standard InChI is InChI=1S/C24H31N3O2/c1-2-13-27(20-10-4-3-5-11-20)23(28)17-22-24(29)25-12-14-26(22)21-15-18-8-6-7-9-19(18)16-21/h1,6-9,20-22H,3-5,10-17H2,(H,25,29). The molecule has 0 bridgehead atoms. The van der Waals surface area contributed by atoms with Crippen molar-refractivity contribution in [1.29, 1.82) is 0 Å². The number of fused-ring (bicyclic) bond motifs is 1. The van der Waals surface area contributed by atoms with Crippen LogP contribution < -0.4 is 5.32 Å². The lowest BCUT2D eigenvalue weighted by Gasteiger charge is -2.40. The second kappa shape index (κ2) is 9.00. The van der Waals surface area contributed by atoms with Crippen molar-refractivity contribution in [3.05, 3.63) is 35.4 Å². The van der Waals surface area contributed by atoms with Crippen molar-refractivity contribution in [2.45, 2.75) is 69.5 Å². The molecule has 2 amide bonds. The summed E-state index contributed by atoms with van der Waals surface area (Å²) in [6, 6.07) is 8.61. The third kappa shape index (κ3) is 4.33. The molecule has 4 rings (SSSR count). The van der Waals surface area contributed by atoms with E-state index in [1.807, 2.05) is 4.90 Å². The average Bonchev–Trinajstić information content (AvgIpc) is 3.18. The molecule has 1 aromatic carbocycles. The molecule has 1 atom stereocenters. The van der Waals surface area contributed by atoms with Gasteiger partial charge in [0.1, 0.15) is 0 Å². The van der Waals surface area contributed by atoms with E-state index in [1.54, 1.807) is 0 Å². The van der Waals surface area contributed by atoms with Gasteiger partial charge in [-0.15, -0.1) is 6.42 Å². The predicted octanol–water partition coefficient (Wildman–Crippen LogP) is 2.14. The first-order chi connectivity index (χ1) is 14.2. The van der Waals surface area contributed by atoms with Gasteiger partial charge in [0.25, 0.3) is 0 Å². The minimum Gasteiger partial charge on any atom is -0.353 e. The van der Waals surface area contributed by atoms with E-state index in [4.69, 9.17) is 6.42 Å². The largest absolute Gasteiger partial charge is 0.353 e. The number of terminal acetylenes is 1. The molecule has 2 aliphatic carbocycles. The van der Waals surface area contributed by atoms with Crippen LogP contribution in [0.1, 0.15) is 49.7 Å². The first-order valence-electron chi connectivity index (χ1n) is 11.0. The fraction of sp³-hybridized carbons (Fsp3) is 0.583. The van der Waals surface area contributed by atoms with E-state index in [2.05, 4.69) is 40.4 Å². The van der Waals surface area contributed by atoms with E-state index in [9.17, 15) is 9.59 Å². The fourth-order valence-corrected chi connectivity index (χ4v) is 5.34. The lowest BCUT2D eigenvalue weighted by atomic mass is 9.93. The molecule has 1 N–H and O–H groups in total. The van der Waals surface area contributed by atoms with Crippen molar-refractivity contribution in [2.75, 3.05) is 19.6 Å². The molecule has 3 aliphatic rings. The summed E-state index contributed by atoms with van der Waals surface area (Å²) < 4.78 is 0. The monoisotopic (exact) mass is 393 g/mol. The van der Waals surface area contributed by atoms with Gasteiger partial charge in [-0.05, 0) is 36.8 Å². The fourth-order valence-electron chi connectivity index (χ4n) is 5.34. The quantitative estimate of drug-likeness (QED) is 0.780. The Hall–Kier alpha value is -2.32. The summed E-state index contributed by atoms with van der Waals surface area (Å²) in [6.45, 7) is 1.78. The molecule has 29 heavy (non-hydrogen) atoms. The van der Waals surface area contributed by atoms with Crippen LogP contribution in [0, 0.1) is 12.3 Å². The molecule has 1 unspecified atom stereocenters. The molecular formula is C24H31N3O2. The molecule has 1 aliphatic heterocycles. The molecule has 0 radical (unpaired) electrons. The minimum absolute atomic E-state index is 0.0233. The number of amides is 2. The van der Waals surface area contributed by atoms with Gasteiger partial charge < -0.3 is 10.2 Å². The van der Waals surface area contributed by atoms with Gasteiger partial charge in [0.15, 0.2) is 0 Å². The summed E-state index contributed by atoms with van der Waals surface area (Å²) in [6.07, 6.45) is 13.3. The van der Waals surface area contributed by atoms with Gasteiger partial charge in [0.05, 0.1) is 19.0 Å². The van der Waals surface area contributed by atoms with Crippen LogP contribution in [0.3, 0.4) is 0 Å². The normalized spacial score (nSPS) is 23.3. The summed E-state index contributed by atoms with van der Waals surface area (Å²) in [5.74, 6) is 2.67. The van der Waals surface area contributed by atoms with E-state index in [0.29, 0.717) is 13.1 Å². The second-order valence-corrected chi connectivity index (χ2v) is 8.60. The zero-order valence-corrected chi connectivity index (χ0v) is 17.1. The number of hydrogen-bond acceptors (Lipinski definition) is 3. The second-order valence-electron chi connectivity index (χ2n) is 8.60. The van der Waals surface area contributed by atoms with Crippen molar-refractivity contribution in [2.24, 2.45) is 0 Å². The summed E-state index contributed by atoms with van der Waals surface area (Å²) in [5.41, 5.74) is 2.73. The van der Waals surface area contributed by atoms with Crippen LogP contribution in [0.4, 0.5) is 0 Å². The van der Waals surface area contributed by atoms with Crippen LogP contribution in [0.2, 0.25) is 0 Å². The van der Waals surface area contributed by atoms with E-state index < -0.39 is 6.04 Å². The van der Waals surface area contributed by atoms with Gasteiger partial charge in [-0.1, -0.05) is 49.4 Å². The van der Waals surface area contributed by atoms with Crippen molar-refractivity contribution >= 4 is 11.8 Å². The highest BCUT2D eigenvalue weighted by Crippen LogP contribution is 2.29. The number of carbonyl (C=O) groups excluding carboxylic acids is 2. The highest BCUT2D eigenvalue weighted by atomic mass is 16.2. The number of hydrogen-bond donors (Lipinski definition) is 1. The summed E-state index contributed by atoms with van der Waals surface area (Å²) in [7, 11) is 0. The van der Waals surface area contributed by atoms with Crippen molar-refractivity contribution in [3.63, 3.8) is 0 Å². The zero-order chi connectivity index (χ0) is 20.2. The van der Waals surface area contributed by atoms with Crippen molar-refractivity contribution < 1.29 is 9.59 Å². The number of carbonyl (C=O) groups is 2. The molecule has 5 heteroatoms. The molecule has 1 saturated heterocycles. The molecule has 0 aromatic heterocycles. The Bertz CT molecular complexity index is 769. The van der Waals surface area contributed by atoms with E-state index >= 15 is 0 Å². The number of nitrogens with zero attached hydrogens (tertiary/aromatic N) is 2. The Kier molecular flexibility index (Phi) is 6.20. The van der Waals surface area contributed by atoms with Crippen LogP contribution in [0.5, 0.6) is 0 Å². The molecule has 1 saturated carbocycles. The Morgan fingerprint density at radius 3 is 2.52 bits per heavy atom. The number of benzene rings is 1. The van der Waals surface area contributed by atoms with Crippen LogP contribution >= 0.6 is 0 Å². The maximum Gasteiger partial charge on any atom is 0.237 e. The lowest BCUT2D eigenvalue weighted by molar-refractivity contribution is -0.141. The Morgan fingerprint density at radius 2 is 1.86 bits per heavy atom. The highest BCUT2D eigenvalue weighted by Gasteiger charge is 2.39. The maximum absolute atomic E-state index is 13.2. The Morgan fingerprint density at radius 1 is 1.17 bits per heavy atom. The molecular weight excluding hydrogens is 362 g/mol. The van der Waals surface area contributed by atoms with Crippen LogP contribution in [0.15, 0.2) is 24.3 Å². The van der Waals surface area contributed by atoms with E-state index in [-0.39, 0.29) is 30.3 Å². The SMILES string of the molecule is C#CCN(C(=O)CC1C(=O)NCCN1C1Cc2ccccc2C1)C1CCCCC1. The first-order valence-corrected chi connectivity index (χ1v) is 11.0. The number of nitrogens with one attached hydrogen (secondary N) is 1. The molecule has 2 fully saturated rings. The van der Waals surface area contributed by atoms with Gasteiger partial charge >= 0.3 is 0 Å². The molecule has 1 heterocycles. The summed E-state index contributed by atoms with van der Waals surface area (Å²) >= 11 is 0. The minimum atomic E-state index is -0.403. The maximum atomic E-state index is 13.2. The Balaban J connectivity index is 1.47. The third-order valence-electron chi connectivity index (χ3n) is 6.84. The van der Waals surface area contributed by atoms with Gasteiger partial charge in [0.2, 0.25) is 11.8 Å². The lowest BCUT2D eigenvalue weighted by Crippen LogP contribution is -2.60. The first kappa shape index (κ1) is 20.0. The smallest absolute Gasteiger partial charge is 0.237 e. The number of piperazine rings is 1. The van der Waals surface area contributed by atoms with Crippen molar-refractivity contribution in [1.82, 2.24) is 15.1 Å². The topological polar surface area (TPSA) is 52.7 Å².